The molecule has 2 heterocycles. The Labute approximate surface area is 258 Å². The van der Waals surface area contributed by atoms with Gasteiger partial charge in [-0.3, -0.25) is 18.1 Å². The molecule has 2 N–H and O–H groups in total. The molecule has 3 aromatic carbocycles. The fourth-order valence-corrected chi connectivity index (χ4v) is 6.07. The van der Waals surface area contributed by atoms with E-state index in [2.05, 4.69) is 11.0 Å². The fraction of sp³-hybridized carbons (Fsp3) is 0.250. The highest BCUT2D eigenvalue weighted by Crippen LogP contribution is 2.42. The van der Waals surface area contributed by atoms with Crippen LogP contribution in [0.4, 0.5) is 5.69 Å². The molecular formula is C32H33N2O8S2+. The zero-order chi connectivity index (χ0) is 31.1. The normalized spacial score (nSPS) is 14.5. The van der Waals surface area contributed by atoms with Gasteiger partial charge in [-0.25, -0.2) is 0 Å². The number of rotatable bonds is 14. The highest BCUT2D eigenvalue weighted by Gasteiger charge is 2.28. The summed E-state index contributed by atoms with van der Waals surface area (Å²) in [5.74, 6) is 0.959. The van der Waals surface area contributed by atoms with E-state index < -0.39 is 21.5 Å². The quantitative estimate of drug-likeness (QED) is 0.0612. The molecule has 0 bridgehead atoms. The third kappa shape index (κ3) is 7.96. The lowest BCUT2D eigenvalue weighted by Gasteiger charge is -2.19. The molecule has 1 atom stereocenters. The van der Waals surface area contributed by atoms with E-state index in [1.165, 1.54) is 0 Å². The number of aldehydes is 1. The van der Waals surface area contributed by atoms with Crippen LogP contribution >= 0.6 is 0 Å². The van der Waals surface area contributed by atoms with Crippen molar-refractivity contribution in [2.75, 3.05) is 23.8 Å². The van der Waals surface area contributed by atoms with Crippen molar-refractivity contribution < 1.29 is 40.0 Å². The summed E-state index contributed by atoms with van der Waals surface area (Å²) in [6.07, 6.45) is 4.72. The second kappa shape index (κ2) is 14.2. The number of carbonyl (C=O) groups excluding carboxylic acids is 1. The van der Waals surface area contributed by atoms with E-state index in [1.807, 2.05) is 71.3 Å². The Kier molecular flexibility index (Phi) is 10.2. The molecule has 0 saturated heterocycles. The Morgan fingerprint density at radius 3 is 2.50 bits per heavy atom. The average molecular weight is 638 g/mol. The molecule has 0 saturated carbocycles. The minimum Gasteiger partial charge on any atom is -0.438 e. The minimum atomic E-state index is -4.06. The zero-order valence-electron chi connectivity index (χ0n) is 23.9. The summed E-state index contributed by atoms with van der Waals surface area (Å²) in [6.45, 7) is 1.17. The van der Waals surface area contributed by atoms with Crippen LogP contribution in [-0.2, 0) is 32.2 Å². The topological polar surface area (TPSA) is 134 Å². The predicted molar refractivity (Wildman–Crippen MR) is 169 cm³/mol. The summed E-state index contributed by atoms with van der Waals surface area (Å²) in [6, 6.07) is 25.3. The zero-order valence-corrected chi connectivity index (χ0v) is 25.5. The van der Waals surface area contributed by atoms with Crippen molar-refractivity contribution >= 4 is 50.4 Å². The van der Waals surface area contributed by atoms with E-state index in [-0.39, 0.29) is 18.8 Å². The van der Waals surface area contributed by atoms with E-state index >= 15 is 0 Å². The molecule has 1 aromatic heterocycles. The second-order valence-corrected chi connectivity index (χ2v) is 12.6. The summed E-state index contributed by atoms with van der Waals surface area (Å²) in [7, 11) is -4.06. The van der Waals surface area contributed by atoms with E-state index in [1.54, 1.807) is 12.1 Å². The number of hydrogen-bond acceptors (Lipinski definition) is 7. The van der Waals surface area contributed by atoms with Crippen LogP contribution in [0.25, 0.3) is 28.1 Å². The van der Waals surface area contributed by atoms with Crippen LogP contribution in [-0.4, -0.2) is 46.9 Å². The van der Waals surface area contributed by atoms with Gasteiger partial charge in [0.05, 0.1) is 24.1 Å². The predicted octanol–water partition coefficient (Wildman–Crippen LogP) is 5.41. The molecule has 10 nitrogen and oxygen atoms in total. The number of aromatic nitrogens is 1. The van der Waals surface area contributed by atoms with Crippen molar-refractivity contribution in [3.63, 3.8) is 0 Å². The third-order valence-corrected chi connectivity index (χ3v) is 8.50. The van der Waals surface area contributed by atoms with E-state index in [0.29, 0.717) is 49.5 Å². The lowest BCUT2D eigenvalue weighted by atomic mass is 10.0. The van der Waals surface area contributed by atoms with Gasteiger partial charge in [0, 0.05) is 36.0 Å². The molecule has 5 rings (SSSR count). The minimum absolute atomic E-state index is 0.144. The highest BCUT2D eigenvalue weighted by atomic mass is 32.2. The number of nitrogens with zero attached hydrogens (tertiary/aromatic N) is 2. The Bertz CT molecular complexity index is 1810. The van der Waals surface area contributed by atoms with Gasteiger partial charge in [-0.05, 0) is 60.7 Å². The molecule has 0 fully saturated rings. The first-order valence-electron chi connectivity index (χ1n) is 14.2. The van der Waals surface area contributed by atoms with Crippen LogP contribution < -0.4 is 14.2 Å². The molecule has 1 aliphatic rings. The van der Waals surface area contributed by atoms with Gasteiger partial charge in [-0.15, -0.1) is 0 Å². The van der Waals surface area contributed by atoms with E-state index in [4.69, 9.17) is 13.5 Å². The summed E-state index contributed by atoms with van der Waals surface area (Å²) in [5.41, 5.74) is 5.20. The molecule has 0 spiro atoms. The average Bonchev–Trinajstić information content (AvgIpc) is 3.35. The van der Waals surface area contributed by atoms with E-state index in [9.17, 15) is 22.0 Å². The van der Waals surface area contributed by atoms with Crippen molar-refractivity contribution in [2.45, 2.75) is 32.2 Å². The van der Waals surface area contributed by atoms with Crippen LogP contribution in [0.5, 0.6) is 5.75 Å². The maximum Gasteiger partial charge on any atom is 0.301 e. The monoisotopic (exact) mass is 637 g/mol. The summed E-state index contributed by atoms with van der Waals surface area (Å²) < 4.78 is 64.8. The lowest BCUT2D eigenvalue weighted by Crippen LogP contribution is -2.38. The van der Waals surface area contributed by atoms with Gasteiger partial charge in [-0.1, -0.05) is 36.4 Å². The first-order chi connectivity index (χ1) is 21.2. The Hall–Kier alpha value is -3.94. The van der Waals surface area contributed by atoms with Gasteiger partial charge in [0.15, 0.2) is 5.75 Å². The van der Waals surface area contributed by atoms with Crippen LogP contribution in [0, 0.1) is 0 Å². The highest BCUT2D eigenvalue weighted by molar-refractivity contribution is 7.85. The summed E-state index contributed by atoms with van der Waals surface area (Å²) in [4.78, 5) is 13.5. The molecule has 1 unspecified atom stereocenters. The van der Waals surface area contributed by atoms with Crippen LogP contribution in [0.2, 0.25) is 0 Å². The van der Waals surface area contributed by atoms with Gasteiger partial charge in [0.1, 0.15) is 12.8 Å². The van der Waals surface area contributed by atoms with Crippen LogP contribution in [0.15, 0.2) is 84.7 Å². The molecule has 12 heteroatoms. The van der Waals surface area contributed by atoms with Crippen molar-refractivity contribution in [3.8, 4) is 16.9 Å². The van der Waals surface area contributed by atoms with Gasteiger partial charge in [0.2, 0.25) is 17.1 Å². The molecule has 1 aliphatic heterocycles. The number of carbonyl (C=O) groups is 1. The van der Waals surface area contributed by atoms with Crippen LogP contribution in [0.3, 0.4) is 0 Å². The Morgan fingerprint density at radius 2 is 1.75 bits per heavy atom. The number of anilines is 1. The molecule has 0 amide bonds. The molecule has 44 heavy (non-hydrogen) atoms. The molecule has 0 aliphatic carbocycles. The number of pyridine rings is 1. The third-order valence-electron chi connectivity index (χ3n) is 7.33. The Morgan fingerprint density at radius 1 is 0.932 bits per heavy atom. The van der Waals surface area contributed by atoms with Crippen molar-refractivity contribution in [2.24, 2.45) is 0 Å². The first kappa shape index (κ1) is 31.5. The van der Waals surface area contributed by atoms with Gasteiger partial charge in [0.25, 0.3) is 10.1 Å². The van der Waals surface area contributed by atoms with Crippen molar-refractivity contribution in [1.82, 2.24) is 0 Å². The number of ether oxygens (including phenoxy) is 1. The van der Waals surface area contributed by atoms with Crippen LogP contribution in [0.1, 0.15) is 41.7 Å². The second-order valence-electron chi connectivity index (χ2n) is 10.4. The summed E-state index contributed by atoms with van der Waals surface area (Å²) in [5, 5.41) is 0.854. The smallest absolute Gasteiger partial charge is 0.301 e. The van der Waals surface area contributed by atoms with Crippen molar-refractivity contribution in [3.05, 3.63) is 96.0 Å². The Balaban J connectivity index is 1.51. The molecule has 230 valence electrons. The molecular weight excluding hydrogens is 604 g/mol. The van der Waals surface area contributed by atoms with E-state index in [0.717, 1.165) is 39.7 Å². The lowest BCUT2D eigenvalue weighted by molar-refractivity contribution is -0.673. The molecule has 4 aromatic rings. The van der Waals surface area contributed by atoms with Gasteiger partial charge in [-0.2, -0.15) is 17.2 Å². The number of unbranched alkanes of at least 4 members (excludes halogenated alkanes) is 2. The van der Waals surface area contributed by atoms with Gasteiger partial charge < -0.3 is 9.64 Å². The summed E-state index contributed by atoms with van der Waals surface area (Å²) >= 11 is -2.31. The van der Waals surface area contributed by atoms with Gasteiger partial charge >= 0.3 is 11.4 Å². The standard InChI is InChI=1S/C32H32N2O8S2/c35-23-24-10-14-29-27(20-24)11-13-28(33(29)16-5-7-19-44(38,39)40)22-32-34(17-4-6-18-41-43(36)37)30-21-26(12-15-31(30)42-32)25-8-2-1-3-9-25/h1-3,8-15,20-23H,4-7,16-19H2,(H-,36,37,38,39,40)/p+1. The number of hydrogen-bond donors (Lipinski definition) is 2. The fourth-order valence-electron chi connectivity index (χ4n) is 5.24. The number of fused-ring (bicyclic) bond motifs is 2. The maximum atomic E-state index is 11.4. The first-order valence-corrected chi connectivity index (χ1v) is 16.8. The maximum absolute atomic E-state index is 11.4. The van der Waals surface area contributed by atoms with Crippen molar-refractivity contribution in [1.29, 1.82) is 0 Å². The SMILES string of the molecule is O=Cc1ccc2c(ccc(C=C3Oc4ccc(-c5ccccc5)cc4N3CCCCOS(=O)O)[n+]2CCCCS(=O)(=O)O)c1. The number of benzene rings is 3. The largest absolute Gasteiger partial charge is 0.438 e. The molecule has 0 radical (unpaired) electrons. The number of aryl methyl sites for hydroxylation is 1.